The first-order chi connectivity index (χ1) is 7.38. The molecule has 0 aliphatic rings. The van der Waals surface area contributed by atoms with Crippen molar-refractivity contribution in [3.8, 4) is 0 Å². The Kier molecular flexibility index (Phi) is 3.77. The summed E-state index contributed by atoms with van der Waals surface area (Å²) in [7, 11) is 0. The van der Waals surface area contributed by atoms with Crippen molar-refractivity contribution < 1.29 is 55.8 Å². The van der Waals surface area contributed by atoms with Crippen LogP contribution < -0.4 is 51.4 Å². The van der Waals surface area contributed by atoms with Crippen LogP contribution in [-0.2, 0) is 0 Å². The van der Waals surface area contributed by atoms with Crippen molar-refractivity contribution in [2.75, 3.05) is 0 Å². The van der Waals surface area contributed by atoms with Gasteiger partial charge in [-0.3, -0.25) is 0 Å². The zero-order valence-corrected chi connectivity index (χ0v) is 12.7. The largest absolute Gasteiger partial charge is 1.00 e. The molecule has 0 aliphatic carbocycles. The van der Waals surface area contributed by atoms with Gasteiger partial charge in [0.15, 0.2) is 0 Å². The number of hydrogen-bond acceptors (Lipinski definition) is 1. The molecule has 0 saturated heterocycles. The van der Waals surface area contributed by atoms with E-state index >= 15 is 0 Å². The fourth-order valence-corrected chi connectivity index (χ4v) is 1.92. The molecule has 0 fully saturated rings. The molecule has 0 amide bonds. The van der Waals surface area contributed by atoms with Crippen molar-refractivity contribution in [3.05, 3.63) is 54.4 Å². The van der Waals surface area contributed by atoms with E-state index in [2.05, 4.69) is 24.6 Å². The minimum atomic E-state index is 0. The molecule has 0 atom stereocenters. The molecule has 2 aromatic carbocycles. The number of benzene rings is 2. The van der Waals surface area contributed by atoms with Crippen LogP contribution in [0.15, 0.2) is 46.9 Å². The number of fused-ring (bicyclic) bond motifs is 3. The Morgan fingerprint density at radius 3 is 2.50 bits per heavy atom. The van der Waals surface area contributed by atoms with Crippen molar-refractivity contribution in [3.63, 3.8) is 0 Å². The molecule has 1 aromatic heterocycles. The van der Waals surface area contributed by atoms with Crippen molar-refractivity contribution >= 4 is 21.9 Å². The zero-order valence-electron chi connectivity index (χ0n) is 9.53. The molecule has 0 bridgehead atoms. The quantitative estimate of drug-likeness (QED) is 0.455. The monoisotopic (exact) mass is 234 g/mol. The number of hydrogen-bond donors (Lipinski definition) is 0. The average Bonchev–Trinajstić information content (AvgIpc) is 2.66. The van der Waals surface area contributed by atoms with Gasteiger partial charge >= 0.3 is 51.4 Å². The molecule has 1 nitrogen and oxygen atoms in total. The second kappa shape index (κ2) is 4.94. The second-order valence-electron chi connectivity index (χ2n) is 3.64. The van der Waals surface area contributed by atoms with Crippen molar-refractivity contribution in [2.45, 2.75) is 6.92 Å². The summed E-state index contributed by atoms with van der Waals surface area (Å²) in [6.07, 6.45) is 2.10. The Balaban J connectivity index is 0.000000963. The average molecular weight is 234 g/mol. The third-order valence-electron chi connectivity index (χ3n) is 2.73. The second-order valence-corrected chi connectivity index (χ2v) is 3.64. The minimum absolute atomic E-state index is 0. The Hall–Kier alpha value is -0.254. The maximum Gasteiger partial charge on any atom is 1.00 e. The fraction of sp³-hybridized carbons (Fsp3) is 0.0714. The molecule has 3 rings (SSSR count). The molecular formula is C14H11KO. The maximum absolute atomic E-state index is 5.74. The van der Waals surface area contributed by atoms with Crippen LogP contribution in [0.4, 0.5) is 0 Å². The van der Waals surface area contributed by atoms with Gasteiger partial charge in [-0.25, -0.2) is 0 Å². The molecule has 2 heteroatoms. The first kappa shape index (κ1) is 12.2. The summed E-state index contributed by atoms with van der Waals surface area (Å²) in [5, 5.41) is 2.39. The van der Waals surface area contributed by atoms with Crippen molar-refractivity contribution in [1.82, 2.24) is 0 Å². The molecule has 3 aromatic rings. The fourth-order valence-electron chi connectivity index (χ4n) is 1.92. The molecular weight excluding hydrogens is 223 g/mol. The van der Waals surface area contributed by atoms with Crippen molar-refractivity contribution in [1.29, 1.82) is 0 Å². The summed E-state index contributed by atoms with van der Waals surface area (Å²) >= 11 is 0. The van der Waals surface area contributed by atoms with E-state index < -0.39 is 0 Å². The van der Waals surface area contributed by atoms with E-state index in [0.717, 1.165) is 11.2 Å². The van der Waals surface area contributed by atoms with Gasteiger partial charge in [0.25, 0.3) is 0 Å². The van der Waals surface area contributed by atoms with Gasteiger partial charge in [0.1, 0.15) is 11.2 Å². The van der Waals surface area contributed by atoms with Crippen LogP contribution in [0.5, 0.6) is 0 Å². The van der Waals surface area contributed by atoms with E-state index in [1.165, 1.54) is 16.3 Å². The first-order valence-electron chi connectivity index (χ1n) is 5.09. The molecule has 16 heavy (non-hydrogen) atoms. The summed E-state index contributed by atoms with van der Waals surface area (Å²) in [6.45, 7) is 2.05. The van der Waals surface area contributed by atoms with Gasteiger partial charge in [0.2, 0.25) is 0 Å². The van der Waals surface area contributed by atoms with Gasteiger partial charge in [0.05, 0.1) is 0 Å². The van der Waals surface area contributed by atoms with E-state index in [4.69, 9.17) is 4.42 Å². The standard InChI is InChI=1S/C14H11O.K/c1-2-10-7-8-14-12(9-10)11-5-3-4-6-13(11)15-14;/h2-9H,1H3;/q-1;+1. The summed E-state index contributed by atoms with van der Waals surface area (Å²) in [5.74, 6) is 0. The van der Waals surface area contributed by atoms with Gasteiger partial charge in [-0.05, 0) is 11.5 Å². The summed E-state index contributed by atoms with van der Waals surface area (Å²) in [5.41, 5.74) is 3.15. The Labute approximate surface area is 137 Å². The predicted octanol–water partition coefficient (Wildman–Crippen LogP) is 1.16. The van der Waals surface area contributed by atoms with Crippen LogP contribution in [-0.4, -0.2) is 0 Å². The zero-order chi connectivity index (χ0) is 10.3. The van der Waals surface area contributed by atoms with E-state index in [0.29, 0.717) is 0 Å². The van der Waals surface area contributed by atoms with Crippen LogP contribution >= 0.6 is 0 Å². The number of rotatable bonds is 1. The van der Waals surface area contributed by atoms with Crippen LogP contribution in [0, 0.1) is 6.42 Å². The third-order valence-corrected chi connectivity index (χ3v) is 2.73. The van der Waals surface area contributed by atoms with Gasteiger partial charge in [-0.2, -0.15) is 24.1 Å². The van der Waals surface area contributed by atoms with E-state index in [9.17, 15) is 0 Å². The maximum atomic E-state index is 5.74. The minimum Gasteiger partial charge on any atom is -0.458 e. The van der Waals surface area contributed by atoms with Gasteiger partial charge in [-0.1, -0.05) is 31.2 Å². The third kappa shape index (κ3) is 1.96. The SMILES string of the molecule is C[CH-]c1ccc2oc3ccccc3c2c1.[K+]. The summed E-state index contributed by atoms with van der Waals surface area (Å²) in [4.78, 5) is 0. The normalized spacial score (nSPS) is 10.3. The molecule has 74 valence electrons. The molecule has 0 N–H and O–H groups in total. The van der Waals surface area contributed by atoms with E-state index in [-0.39, 0.29) is 51.4 Å². The molecule has 0 radical (unpaired) electrons. The predicted molar refractivity (Wildman–Crippen MR) is 62.8 cm³/mol. The Morgan fingerprint density at radius 1 is 0.938 bits per heavy atom. The number of furan rings is 1. The number of para-hydroxylation sites is 1. The van der Waals surface area contributed by atoms with E-state index in [1.807, 2.05) is 31.2 Å². The molecule has 0 saturated carbocycles. The Morgan fingerprint density at radius 2 is 1.69 bits per heavy atom. The van der Waals surface area contributed by atoms with Crippen LogP contribution in [0.1, 0.15) is 12.5 Å². The van der Waals surface area contributed by atoms with Gasteiger partial charge in [0, 0.05) is 5.39 Å². The summed E-state index contributed by atoms with van der Waals surface area (Å²) < 4.78 is 5.74. The molecule has 1 heterocycles. The summed E-state index contributed by atoms with van der Waals surface area (Å²) in [6, 6.07) is 14.4. The first-order valence-corrected chi connectivity index (χ1v) is 5.09. The smallest absolute Gasteiger partial charge is 0.458 e. The van der Waals surface area contributed by atoms with Gasteiger partial charge in [-0.15, -0.1) is 0 Å². The molecule has 0 aliphatic heterocycles. The topological polar surface area (TPSA) is 13.1 Å². The van der Waals surface area contributed by atoms with Crippen LogP contribution in [0.3, 0.4) is 0 Å². The van der Waals surface area contributed by atoms with E-state index in [1.54, 1.807) is 0 Å². The van der Waals surface area contributed by atoms with Gasteiger partial charge < -0.3 is 4.42 Å². The molecule has 0 unspecified atom stereocenters. The van der Waals surface area contributed by atoms with Crippen molar-refractivity contribution in [2.24, 2.45) is 0 Å². The van der Waals surface area contributed by atoms with Crippen LogP contribution in [0.2, 0.25) is 0 Å². The Bertz CT molecular complexity index is 625. The molecule has 0 spiro atoms. The van der Waals surface area contributed by atoms with Crippen LogP contribution in [0.25, 0.3) is 21.9 Å².